The van der Waals surface area contributed by atoms with Crippen molar-refractivity contribution in [3.63, 3.8) is 0 Å². The van der Waals surface area contributed by atoms with Gasteiger partial charge in [-0.2, -0.15) is 5.10 Å². The van der Waals surface area contributed by atoms with Gasteiger partial charge in [0, 0.05) is 25.7 Å². The van der Waals surface area contributed by atoms with Crippen LogP contribution in [0, 0.1) is 0 Å². The van der Waals surface area contributed by atoms with Crippen LogP contribution in [0.25, 0.3) is 0 Å². The molecule has 0 unspecified atom stereocenters. The quantitative estimate of drug-likeness (QED) is 0.906. The predicted molar refractivity (Wildman–Crippen MR) is 87.8 cm³/mol. The number of nitrogens with zero attached hydrogens (tertiary/aromatic N) is 4. The molecule has 0 fully saturated rings. The molecule has 1 amide bonds. The van der Waals surface area contributed by atoms with Crippen molar-refractivity contribution >= 4 is 5.91 Å². The van der Waals surface area contributed by atoms with Crippen LogP contribution in [0.3, 0.4) is 0 Å². The highest BCUT2D eigenvalue weighted by atomic mass is 16.2. The second-order valence-electron chi connectivity index (χ2n) is 6.13. The predicted octanol–water partition coefficient (Wildman–Crippen LogP) is 1.40. The van der Waals surface area contributed by atoms with Gasteiger partial charge in [0.1, 0.15) is 18.7 Å². The van der Waals surface area contributed by atoms with Crippen LogP contribution in [-0.2, 0) is 17.8 Å². The highest BCUT2D eigenvalue weighted by molar-refractivity contribution is 5.79. The van der Waals surface area contributed by atoms with E-state index in [1.165, 1.54) is 17.5 Å². The lowest BCUT2D eigenvalue weighted by Crippen LogP contribution is -2.45. The van der Waals surface area contributed by atoms with Gasteiger partial charge < -0.3 is 5.32 Å². The molecule has 0 saturated heterocycles. The Morgan fingerprint density at radius 3 is 2.83 bits per heavy atom. The lowest BCUT2D eigenvalue weighted by atomic mass is 9.99. The summed E-state index contributed by atoms with van der Waals surface area (Å²) in [5.74, 6) is -0.0280. The first kappa shape index (κ1) is 15.7. The number of rotatable bonds is 5. The molecule has 1 N–H and O–H groups in total. The third-order valence-electron chi connectivity index (χ3n) is 4.57. The van der Waals surface area contributed by atoms with E-state index in [2.05, 4.69) is 51.5 Å². The van der Waals surface area contributed by atoms with Crippen LogP contribution in [0.15, 0.2) is 36.9 Å². The zero-order valence-electron chi connectivity index (χ0n) is 13.6. The maximum Gasteiger partial charge on any atom is 0.244 e. The number of nitrogens with one attached hydrogen (secondary N) is 1. The number of benzene rings is 1. The largest absolute Gasteiger partial charge is 0.353 e. The first-order valence-corrected chi connectivity index (χ1v) is 8.08. The highest BCUT2D eigenvalue weighted by Crippen LogP contribution is 2.20. The molecule has 0 radical (unpaired) electrons. The van der Waals surface area contributed by atoms with Crippen molar-refractivity contribution in [2.24, 2.45) is 0 Å². The van der Waals surface area contributed by atoms with E-state index in [0.717, 1.165) is 19.5 Å². The molecule has 2 heterocycles. The highest BCUT2D eigenvalue weighted by Gasteiger charge is 2.22. The molecular weight excluding hydrogens is 290 g/mol. The van der Waals surface area contributed by atoms with E-state index in [1.54, 1.807) is 11.0 Å². The lowest BCUT2D eigenvalue weighted by molar-refractivity contribution is -0.124. The number of hydrogen-bond donors (Lipinski definition) is 1. The van der Waals surface area contributed by atoms with Crippen molar-refractivity contribution in [2.75, 3.05) is 13.1 Å². The van der Waals surface area contributed by atoms with Crippen LogP contribution < -0.4 is 5.32 Å². The third kappa shape index (κ3) is 3.59. The molecule has 122 valence electrons. The number of fused-ring (bicyclic) bond motifs is 1. The molecule has 23 heavy (non-hydrogen) atoms. The maximum absolute atomic E-state index is 12.2. The normalized spacial score (nSPS) is 17.3. The van der Waals surface area contributed by atoms with E-state index in [-0.39, 0.29) is 11.9 Å². The topological polar surface area (TPSA) is 63.1 Å². The van der Waals surface area contributed by atoms with Crippen LogP contribution >= 0.6 is 0 Å². The third-order valence-corrected chi connectivity index (χ3v) is 4.57. The molecule has 1 aromatic heterocycles. The Bertz CT molecular complexity index is 655. The summed E-state index contributed by atoms with van der Waals surface area (Å²) in [6, 6.07) is 8.55. The lowest BCUT2D eigenvalue weighted by Gasteiger charge is -2.34. The molecule has 0 aliphatic carbocycles. The Hall–Kier alpha value is -2.21. The molecule has 6 heteroatoms. The zero-order chi connectivity index (χ0) is 16.2. The Morgan fingerprint density at radius 2 is 2.09 bits per heavy atom. The van der Waals surface area contributed by atoms with Crippen LogP contribution in [0.1, 0.15) is 31.0 Å². The smallest absolute Gasteiger partial charge is 0.244 e. The van der Waals surface area contributed by atoms with E-state index < -0.39 is 0 Å². The van der Waals surface area contributed by atoms with Crippen molar-refractivity contribution in [1.29, 1.82) is 0 Å². The minimum absolute atomic E-state index is 0.0280. The molecule has 0 bridgehead atoms. The fourth-order valence-electron chi connectivity index (χ4n) is 2.96. The fraction of sp³-hybridized carbons (Fsp3) is 0.471. The van der Waals surface area contributed by atoms with E-state index >= 15 is 0 Å². The Balaban J connectivity index is 1.52. The first-order chi connectivity index (χ1) is 11.1. The van der Waals surface area contributed by atoms with Crippen molar-refractivity contribution in [3.8, 4) is 0 Å². The average molecular weight is 313 g/mol. The van der Waals surface area contributed by atoms with Gasteiger partial charge in [0.15, 0.2) is 0 Å². The van der Waals surface area contributed by atoms with Crippen molar-refractivity contribution in [1.82, 2.24) is 25.0 Å². The van der Waals surface area contributed by atoms with Crippen LogP contribution in [0.2, 0.25) is 0 Å². The van der Waals surface area contributed by atoms with Crippen molar-refractivity contribution in [2.45, 2.75) is 38.9 Å². The van der Waals surface area contributed by atoms with Gasteiger partial charge in [-0.15, -0.1) is 0 Å². The number of amides is 1. The van der Waals surface area contributed by atoms with Gasteiger partial charge in [-0.1, -0.05) is 24.3 Å². The summed E-state index contributed by atoms with van der Waals surface area (Å²) in [5, 5.41) is 7.04. The number of carbonyl (C=O) groups excluding carboxylic acids is 1. The van der Waals surface area contributed by atoms with Crippen LogP contribution in [0.4, 0.5) is 0 Å². The minimum Gasteiger partial charge on any atom is -0.353 e. The van der Waals surface area contributed by atoms with Gasteiger partial charge in [0.05, 0.1) is 0 Å². The summed E-state index contributed by atoms with van der Waals surface area (Å²) in [5.41, 5.74) is 2.84. The van der Waals surface area contributed by atoms with Crippen LogP contribution in [-0.4, -0.2) is 44.7 Å². The fourth-order valence-corrected chi connectivity index (χ4v) is 2.96. The number of hydrogen-bond acceptors (Lipinski definition) is 4. The Kier molecular flexibility index (Phi) is 4.71. The average Bonchev–Trinajstić information content (AvgIpc) is 3.12. The molecule has 3 rings (SSSR count). The Morgan fingerprint density at radius 1 is 1.30 bits per heavy atom. The Labute approximate surface area is 136 Å². The van der Waals surface area contributed by atoms with E-state index in [0.29, 0.717) is 12.6 Å². The van der Waals surface area contributed by atoms with Gasteiger partial charge >= 0.3 is 0 Å². The van der Waals surface area contributed by atoms with Crippen LogP contribution in [0.5, 0.6) is 0 Å². The van der Waals surface area contributed by atoms with Gasteiger partial charge in [-0.3, -0.25) is 9.69 Å². The monoisotopic (exact) mass is 313 g/mol. The molecule has 0 spiro atoms. The minimum atomic E-state index is -0.341. The summed E-state index contributed by atoms with van der Waals surface area (Å²) in [4.78, 5) is 18.5. The summed E-state index contributed by atoms with van der Waals surface area (Å²) >= 11 is 0. The van der Waals surface area contributed by atoms with Gasteiger partial charge in [0.2, 0.25) is 5.91 Å². The number of carbonyl (C=O) groups is 1. The van der Waals surface area contributed by atoms with Crippen molar-refractivity contribution in [3.05, 3.63) is 48.0 Å². The second-order valence-corrected chi connectivity index (χ2v) is 6.13. The molecule has 1 aliphatic rings. The molecule has 2 aromatic rings. The number of aromatic nitrogens is 3. The SMILES string of the molecule is C[C@H](CNC(=O)[C@@H](C)n1cncn1)N1CCc2ccccc2C1. The zero-order valence-corrected chi connectivity index (χ0v) is 13.6. The first-order valence-electron chi connectivity index (χ1n) is 8.08. The molecule has 6 nitrogen and oxygen atoms in total. The van der Waals surface area contributed by atoms with Gasteiger partial charge in [0.25, 0.3) is 0 Å². The summed E-state index contributed by atoms with van der Waals surface area (Å²) in [6.07, 6.45) is 4.08. The van der Waals surface area contributed by atoms with E-state index in [4.69, 9.17) is 0 Å². The molecule has 0 saturated carbocycles. The molecule has 1 aromatic carbocycles. The van der Waals surface area contributed by atoms with Gasteiger partial charge in [-0.05, 0) is 31.4 Å². The van der Waals surface area contributed by atoms with E-state index in [9.17, 15) is 4.79 Å². The summed E-state index contributed by atoms with van der Waals surface area (Å²) in [7, 11) is 0. The summed E-state index contributed by atoms with van der Waals surface area (Å²) < 4.78 is 1.57. The molecule has 2 atom stereocenters. The maximum atomic E-state index is 12.2. The van der Waals surface area contributed by atoms with E-state index in [1.807, 2.05) is 6.92 Å². The van der Waals surface area contributed by atoms with Crippen molar-refractivity contribution < 1.29 is 4.79 Å². The van der Waals surface area contributed by atoms with Gasteiger partial charge in [-0.25, -0.2) is 9.67 Å². The second kappa shape index (κ2) is 6.91. The molecular formula is C17H23N5O. The summed E-state index contributed by atoms with van der Waals surface area (Å²) in [6.45, 7) is 6.61. The standard InChI is InChI=1S/C17H23N5O/c1-13(9-19-17(23)14(2)22-12-18-11-20-22)21-8-7-15-5-3-4-6-16(15)10-21/h3-6,11-14H,7-10H2,1-2H3,(H,19,23)/t13-,14-/m1/s1. The molecule has 1 aliphatic heterocycles.